The number of amides is 2. The summed E-state index contributed by atoms with van der Waals surface area (Å²) in [4.78, 5) is 25.6. The van der Waals surface area contributed by atoms with Crippen molar-refractivity contribution in [2.75, 3.05) is 5.01 Å². The van der Waals surface area contributed by atoms with E-state index in [1.165, 1.54) is 16.1 Å². The summed E-state index contributed by atoms with van der Waals surface area (Å²) < 4.78 is 2.16. The highest BCUT2D eigenvalue weighted by atomic mass is 16.2. The number of nitrogens with one attached hydrogen (secondary N) is 1. The first-order valence-corrected chi connectivity index (χ1v) is 10.2. The fourth-order valence-corrected chi connectivity index (χ4v) is 3.96. The SMILES string of the molecule is Cc1ccccc1Cn1cc(C=C2C(=O)NN(c3ccccc3)C2=O)c2ccccc21. The van der Waals surface area contributed by atoms with Crippen LogP contribution in [0, 0.1) is 6.92 Å². The molecule has 0 atom stereocenters. The zero-order valence-electron chi connectivity index (χ0n) is 17.1. The highest BCUT2D eigenvalue weighted by molar-refractivity contribution is 6.32. The standard InChI is InChI=1S/C26H21N3O2/c1-18-9-5-6-10-19(18)16-28-17-20(22-13-7-8-14-24(22)28)15-23-25(30)27-29(26(23)31)21-11-3-2-4-12-21/h2-15,17H,16H2,1H3,(H,27,30). The van der Waals surface area contributed by atoms with Gasteiger partial charge in [-0.25, -0.2) is 5.01 Å². The van der Waals surface area contributed by atoms with Gasteiger partial charge in [-0.1, -0.05) is 60.7 Å². The molecule has 31 heavy (non-hydrogen) atoms. The molecule has 2 amide bonds. The molecule has 5 nitrogen and oxygen atoms in total. The van der Waals surface area contributed by atoms with E-state index in [0.29, 0.717) is 12.2 Å². The van der Waals surface area contributed by atoms with Gasteiger partial charge in [-0.05, 0) is 42.3 Å². The van der Waals surface area contributed by atoms with Crippen LogP contribution >= 0.6 is 0 Å². The molecule has 0 bridgehead atoms. The molecule has 5 heteroatoms. The molecule has 4 aromatic rings. The zero-order chi connectivity index (χ0) is 21.4. The van der Waals surface area contributed by atoms with E-state index in [9.17, 15) is 9.59 Å². The van der Waals surface area contributed by atoms with Gasteiger partial charge in [0.2, 0.25) is 0 Å². The van der Waals surface area contributed by atoms with E-state index < -0.39 is 5.91 Å². The number of hydrogen-bond acceptors (Lipinski definition) is 2. The Hall–Kier alpha value is -4.12. The van der Waals surface area contributed by atoms with Gasteiger partial charge in [0.05, 0.1) is 5.69 Å². The normalized spacial score (nSPS) is 15.1. The maximum absolute atomic E-state index is 13.0. The number of carbonyl (C=O) groups is 2. The third-order valence-electron chi connectivity index (χ3n) is 5.63. The lowest BCUT2D eigenvalue weighted by Gasteiger charge is -2.13. The molecule has 5 rings (SSSR count). The van der Waals surface area contributed by atoms with Gasteiger partial charge in [-0.2, -0.15) is 0 Å². The second-order valence-corrected chi connectivity index (χ2v) is 7.63. The quantitative estimate of drug-likeness (QED) is 0.401. The van der Waals surface area contributed by atoms with E-state index in [0.717, 1.165) is 16.5 Å². The molecule has 0 saturated carbocycles. The summed E-state index contributed by atoms with van der Waals surface area (Å²) in [5.74, 6) is -0.753. The fourth-order valence-electron chi connectivity index (χ4n) is 3.96. The van der Waals surface area contributed by atoms with E-state index in [1.54, 1.807) is 18.2 Å². The minimum absolute atomic E-state index is 0.127. The summed E-state index contributed by atoms with van der Waals surface area (Å²) in [6.45, 7) is 2.82. The summed E-state index contributed by atoms with van der Waals surface area (Å²) in [5.41, 5.74) is 7.78. The van der Waals surface area contributed by atoms with E-state index in [4.69, 9.17) is 0 Å². The Labute approximate surface area is 180 Å². The third kappa shape index (κ3) is 3.40. The number of anilines is 1. The van der Waals surface area contributed by atoms with Gasteiger partial charge in [0.25, 0.3) is 11.8 Å². The number of hydrazine groups is 1. The van der Waals surface area contributed by atoms with Crippen molar-refractivity contribution < 1.29 is 9.59 Å². The van der Waals surface area contributed by atoms with Crippen LogP contribution in [0.15, 0.2) is 90.6 Å². The lowest BCUT2D eigenvalue weighted by Crippen LogP contribution is -2.35. The van der Waals surface area contributed by atoms with Crippen molar-refractivity contribution in [2.45, 2.75) is 13.5 Å². The van der Waals surface area contributed by atoms with Crippen molar-refractivity contribution in [3.05, 3.63) is 107 Å². The number of carbonyl (C=O) groups excluding carboxylic acids is 2. The molecule has 1 aliphatic rings. The Bertz CT molecular complexity index is 1340. The van der Waals surface area contributed by atoms with Gasteiger partial charge in [0, 0.05) is 29.2 Å². The second kappa shape index (κ2) is 7.61. The highest BCUT2D eigenvalue weighted by Gasteiger charge is 2.34. The maximum atomic E-state index is 13.0. The summed E-state index contributed by atoms with van der Waals surface area (Å²) in [7, 11) is 0. The molecular formula is C26H21N3O2. The average Bonchev–Trinajstić information content (AvgIpc) is 3.28. The van der Waals surface area contributed by atoms with E-state index in [1.807, 2.05) is 54.7 Å². The molecule has 0 aliphatic carbocycles. The van der Waals surface area contributed by atoms with Gasteiger partial charge >= 0.3 is 0 Å². The van der Waals surface area contributed by atoms with Crippen LogP contribution < -0.4 is 10.4 Å². The number of fused-ring (bicyclic) bond motifs is 1. The number of aryl methyl sites for hydroxylation is 1. The largest absolute Gasteiger partial charge is 0.342 e. The first-order chi connectivity index (χ1) is 15.1. The van der Waals surface area contributed by atoms with Crippen molar-refractivity contribution in [3.8, 4) is 0 Å². The van der Waals surface area contributed by atoms with E-state index in [-0.39, 0.29) is 11.5 Å². The number of aromatic nitrogens is 1. The summed E-state index contributed by atoms with van der Waals surface area (Å²) in [5, 5.41) is 2.29. The van der Waals surface area contributed by atoms with Crippen LogP contribution in [0.3, 0.4) is 0 Å². The minimum Gasteiger partial charge on any atom is -0.342 e. The molecule has 152 valence electrons. The lowest BCUT2D eigenvalue weighted by molar-refractivity contribution is -0.117. The van der Waals surface area contributed by atoms with Gasteiger partial charge in [0.1, 0.15) is 5.57 Å². The van der Waals surface area contributed by atoms with Crippen molar-refractivity contribution in [1.82, 2.24) is 9.99 Å². The lowest BCUT2D eigenvalue weighted by atomic mass is 10.1. The Balaban J connectivity index is 1.55. The molecule has 3 aromatic carbocycles. The third-order valence-corrected chi connectivity index (χ3v) is 5.63. The molecule has 0 spiro atoms. The van der Waals surface area contributed by atoms with Gasteiger partial charge in [0.15, 0.2) is 0 Å². The number of hydrogen-bond donors (Lipinski definition) is 1. The van der Waals surface area contributed by atoms with Gasteiger partial charge in [-0.15, -0.1) is 0 Å². The first kappa shape index (κ1) is 18.9. The Morgan fingerprint density at radius 3 is 2.39 bits per heavy atom. The van der Waals surface area contributed by atoms with Crippen molar-refractivity contribution in [3.63, 3.8) is 0 Å². The van der Waals surface area contributed by atoms with Crippen LogP contribution in [0.4, 0.5) is 5.69 Å². The van der Waals surface area contributed by atoms with E-state index >= 15 is 0 Å². The molecule has 0 unspecified atom stereocenters. The topological polar surface area (TPSA) is 54.3 Å². The molecule has 0 radical (unpaired) electrons. The molecule has 1 N–H and O–H groups in total. The number of rotatable bonds is 4. The molecular weight excluding hydrogens is 386 g/mol. The number of para-hydroxylation sites is 2. The number of benzene rings is 3. The monoisotopic (exact) mass is 407 g/mol. The summed E-state index contributed by atoms with van der Waals surface area (Å²) in [6, 6.07) is 25.4. The summed E-state index contributed by atoms with van der Waals surface area (Å²) in [6.07, 6.45) is 3.70. The highest BCUT2D eigenvalue weighted by Crippen LogP contribution is 2.27. The average molecular weight is 407 g/mol. The predicted molar refractivity (Wildman–Crippen MR) is 122 cm³/mol. The second-order valence-electron chi connectivity index (χ2n) is 7.63. The smallest absolute Gasteiger partial charge is 0.282 e. The van der Waals surface area contributed by atoms with Crippen molar-refractivity contribution >= 4 is 34.5 Å². The van der Waals surface area contributed by atoms with Crippen LogP contribution in [0.25, 0.3) is 17.0 Å². The summed E-state index contributed by atoms with van der Waals surface area (Å²) >= 11 is 0. The maximum Gasteiger partial charge on any atom is 0.282 e. The predicted octanol–water partition coefficient (Wildman–Crippen LogP) is 4.46. The van der Waals surface area contributed by atoms with Gasteiger partial charge in [-0.3, -0.25) is 15.0 Å². The van der Waals surface area contributed by atoms with Crippen molar-refractivity contribution in [1.29, 1.82) is 0 Å². The van der Waals surface area contributed by atoms with Crippen molar-refractivity contribution in [2.24, 2.45) is 0 Å². The van der Waals surface area contributed by atoms with Crippen LogP contribution in [0.1, 0.15) is 16.7 Å². The number of nitrogens with zero attached hydrogens (tertiary/aromatic N) is 2. The molecule has 1 fully saturated rings. The van der Waals surface area contributed by atoms with Crippen LogP contribution in [0.2, 0.25) is 0 Å². The van der Waals surface area contributed by atoms with Crippen LogP contribution in [-0.2, 0) is 16.1 Å². The van der Waals surface area contributed by atoms with Gasteiger partial charge < -0.3 is 4.57 Å². The molecule has 1 aliphatic heterocycles. The zero-order valence-corrected chi connectivity index (χ0v) is 17.1. The van der Waals surface area contributed by atoms with Crippen LogP contribution in [-0.4, -0.2) is 16.4 Å². The Morgan fingerprint density at radius 1 is 0.871 bits per heavy atom. The minimum atomic E-state index is -0.399. The van der Waals surface area contributed by atoms with Crippen LogP contribution in [0.5, 0.6) is 0 Å². The Kier molecular flexibility index (Phi) is 4.64. The Morgan fingerprint density at radius 2 is 1.58 bits per heavy atom. The molecule has 1 aromatic heterocycles. The van der Waals surface area contributed by atoms with E-state index in [2.05, 4.69) is 35.1 Å². The molecule has 1 saturated heterocycles. The first-order valence-electron chi connectivity index (χ1n) is 10.2. The fraction of sp³-hybridized carbons (Fsp3) is 0.0769. The molecule has 2 heterocycles.